The molecule has 0 saturated heterocycles. The Morgan fingerprint density at radius 1 is 0.969 bits per heavy atom. The molecular formula is C25H20ClN5O. The highest BCUT2D eigenvalue weighted by Gasteiger charge is 2.17. The van der Waals surface area contributed by atoms with Gasteiger partial charge in [-0.2, -0.15) is 0 Å². The molecule has 4 heterocycles. The van der Waals surface area contributed by atoms with Gasteiger partial charge in [0.15, 0.2) is 0 Å². The van der Waals surface area contributed by atoms with E-state index < -0.39 is 6.10 Å². The van der Waals surface area contributed by atoms with Crippen LogP contribution >= 0.6 is 11.6 Å². The molecule has 3 N–H and O–H groups in total. The first-order chi connectivity index (χ1) is 15.7. The third kappa shape index (κ3) is 4.19. The molecule has 32 heavy (non-hydrogen) atoms. The van der Waals surface area contributed by atoms with Gasteiger partial charge in [0.2, 0.25) is 0 Å². The molecule has 0 bridgehead atoms. The van der Waals surface area contributed by atoms with Crippen molar-refractivity contribution in [3.63, 3.8) is 0 Å². The number of pyridine rings is 3. The first-order valence-corrected chi connectivity index (χ1v) is 10.5. The van der Waals surface area contributed by atoms with Gasteiger partial charge >= 0.3 is 0 Å². The number of hydrogen-bond acceptors (Lipinski definition) is 5. The smallest absolute Gasteiger partial charge is 0.137 e. The molecule has 5 rings (SSSR count). The van der Waals surface area contributed by atoms with Crippen LogP contribution < -0.4 is 5.32 Å². The fraction of sp³-hybridized carbons (Fsp3) is 0.0800. The predicted octanol–water partition coefficient (Wildman–Crippen LogP) is 5.37. The molecule has 1 unspecified atom stereocenters. The van der Waals surface area contributed by atoms with Crippen molar-refractivity contribution in [3.05, 3.63) is 107 Å². The monoisotopic (exact) mass is 441 g/mol. The van der Waals surface area contributed by atoms with E-state index in [9.17, 15) is 5.11 Å². The first kappa shape index (κ1) is 20.2. The van der Waals surface area contributed by atoms with Crippen LogP contribution in [0.1, 0.15) is 22.8 Å². The number of aliphatic hydroxyl groups is 1. The van der Waals surface area contributed by atoms with Crippen molar-refractivity contribution in [2.24, 2.45) is 0 Å². The molecule has 0 aliphatic carbocycles. The Hall–Kier alpha value is -3.74. The zero-order valence-corrected chi connectivity index (χ0v) is 17.8. The van der Waals surface area contributed by atoms with Crippen molar-refractivity contribution >= 4 is 28.5 Å². The van der Waals surface area contributed by atoms with E-state index in [1.165, 1.54) is 0 Å². The summed E-state index contributed by atoms with van der Waals surface area (Å²) in [6.07, 6.45) is 7.99. The predicted molar refractivity (Wildman–Crippen MR) is 126 cm³/mol. The number of aliphatic hydroxyl groups excluding tert-OH is 1. The van der Waals surface area contributed by atoms with Crippen LogP contribution in [0.25, 0.3) is 22.2 Å². The molecule has 7 heteroatoms. The summed E-state index contributed by atoms with van der Waals surface area (Å²) in [4.78, 5) is 16.3. The highest BCUT2D eigenvalue weighted by molar-refractivity contribution is 6.30. The summed E-state index contributed by atoms with van der Waals surface area (Å²) in [6.45, 7) is 0.636. The molecule has 0 aliphatic rings. The van der Waals surface area contributed by atoms with E-state index in [0.717, 1.165) is 39.1 Å². The number of rotatable bonds is 6. The first-order valence-electron chi connectivity index (χ1n) is 10.2. The Morgan fingerprint density at radius 3 is 2.59 bits per heavy atom. The molecule has 0 radical (unpaired) electrons. The van der Waals surface area contributed by atoms with Gasteiger partial charge < -0.3 is 15.4 Å². The summed E-state index contributed by atoms with van der Waals surface area (Å²) in [6, 6.07) is 17.3. The van der Waals surface area contributed by atoms with Gasteiger partial charge in [-0.3, -0.25) is 4.98 Å². The molecule has 0 fully saturated rings. The summed E-state index contributed by atoms with van der Waals surface area (Å²) in [5.41, 5.74) is 5.20. The highest BCUT2D eigenvalue weighted by atomic mass is 35.5. The Balaban J connectivity index is 1.35. The summed E-state index contributed by atoms with van der Waals surface area (Å²) >= 11 is 5.93. The maximum Gasteiger partial charge on any atom is 0.137 e. The number of nitrogens with one attached hydrogen (secondary N) is 2. The second-order valence-electron chi connectivity index (χ2n) is 7.47. The van der Waals surface area contributed by atoms with E-state index in [2.05, 4.69) is 25.3 Å². The summed E-state index contributed by atoms with van der Waals surface area (Å²) in [5.74, 6) is 0.732. The lowest BCUT2D eigenvalue weighted by Gasteiger charge is -2.12. The van der Waals surface area contributed by atoms with Gasteiger partial charge in [0.25, 0.3) is 0 Å². The Morgan fingerprint density at radius 2 is 1.84 bits per heavy atom. The second-order valence-corrected chi connectivity index (χ2v) is 7.90. The Bertz CT molecular complexity index is 1330. The van der Waals surface area contributed by atoms with Crippen molar-refractivity contribution < 1.29 is 5.11 Å². The van der Waals surface area contributed by atoms with Gasteiger partial charge in [0.1, 0.15) is 17.6 Å². The number of benzene rings is 1. The van der Waals surface area contributed by atoms with Gasteiger partial charge in [0.05, 0.1) is 0 Å². The van der Waals surface area contributed by atoms with E-state index >= 15 is 0 Å². The van der Waals surface area contributed by atoms with Crippen molar-refractivity contribution in [3.8, 4) is 11.1 Å². The standard InChI is InChI=1S/C25H20ClN5O/c26-20-6-3-16(4-7-20)11-28-23-8-5-18(13-29-23)24(32)22-15-31-25-21(22)10-19(14-30-25)17-2-1-9-27-12-17/h1-10,12-15,24,32H,11H2,(H,28,29)(H,30,31). The normalized spacial score (nSPS) is 12.1. The molecule has 0 amide bonds. The van der Waals surface area contributed by atoms with Crippen molar-refractivity contribution in [2.75, 3.05) is 5.32 Å². The molecule has 4 aromatic heterocycles. The lowest BCUT2D eigenvalue weighted by atomic mass is 10.0. The van der Waals surface area contributed by atoms with Crippen LogP contribution in [0.5, 0.6) is 0 Å². The zero-order valence-electron chi connectivity index (χ0n) is 17.0. The van der Waals surface area contributed by atoms with Crippen molar-refractivity contribution in [1.29, 1.82) is 0 Å². The molecule has 6 nitrogen and oxygen atoms in total. The number of fused-ring (bicyclic) bond motifs is 1. The summed E-state index contributed by atoms with van der Waals surface area (Å²) in [5, 5.41) is 15.9. The van der Waals surface area contributed by atoms with Crippen LogP contribution in [-0.2, 0) is 6.54 Å². The van der Waals surface area contributed by atoms with Gasteiger partial charge in [-0.05, 0) is 35.9 Å². The number of aromatic amines is 1. The summed E-state index contributed by atoms with van der Waals surface area (Å²) in [7, 11) is 0. The maximum absolute atomic E-state index is 11.0. The minimum Gasteiger partial charge on any atom is -0.384 e. The van der Waals surface area contributed by atoms with E-state index in [-0.39, 0.29) is 0 Å². The van der Waals surface area contributed by atoms with Gasteiger partial charge in [-0.1, -0.05) is 35.9 Å². The SMILES string of the molecule is OC(c1ccc(NCc2ccc(Cl)cc2)nc1)c1c[nH]c2ncc(-c3cccnc3)cc12. The van der Waals surface area contributed by atoms with Crippen molar-refractivity contribution in [1.82, 2.24) is 19.9 Å². The van der Waals surface area contributed by atoms with Crippen LogP contribution in [0.3, 0.4) is 0 Å². The van der Waals surface area contributed by atoms with Crippen LogP contribution in [0.2, 0.25) is 5.02 Å². The molecule has 5 aromatic rings. The molecule has 1 aromatic carbocycles. The number of aromatic nitrogens is 4. The third-order valence-corrected chi connectivity index (χ3v) is 5.59. The molecule has 0 spiro atoms. The quantitative estimate of drug-likeness (QED) is 0.330. The molecule has 0 aliphatic heterocycles. The van der Waals surface area contributed by atoms with Gasteiger partial charge in [-0.25, -0.2) is 9.97 Å². The van der Waals surface area contributed by atoms with Crippen LogP contribution in [-0.4, -0.2) is 25.0 Å². The third-order valence-electron chi connectivity index (χ3n) is 5.34. The minimum atomic E-state index is -0.826. The molecule has 0 saturated carbocycles. The minimum absolute atomic E-state index is 0.636. The number of hydrogen-bond donors (Lipinski definition) is 3. The zero-order chi connectivity index (χ0) is 21.9. The fourth-order valence-electron chi connectivity index (χ4n) is 3.59. The van der Waals surface area contributed by atoms with E-state index in [1.807, 2.05) is 54.6 Å². The summed E-state index contributed by atoms with van der Waals surface area (Å²) < 4.78 is 0. The lowest BCUT2D eigenvalue weighted by molar-refractivity contribution is 0.221. The van der Waals surface area contributed by atoms with E-state index in [0.29, 0.717) is 17.1 Å². The number of H-pyrrole nitrogens is 1. The largest absolute Gasteiger partial charge is 0.384 e. The average Bonchev–Trinajstić information content (AvgIpc) is 3.27. The molecule has 158 valence electrons. The second kappa shape index (κ2) is 8.78. The fourth-order valence-corrected chi connectivity index (χ4v) is 3.71. The highest BCUT2D eigenvalue weighted by Crippen LogP contribution is 2.31. The molecular weight excluding hydrogens is 422 g/mol. The van der Waals surface area contributed by atoms with Crippen LogP contribution in [0.15, 0.2) is 85.6 Å². The number of nitrogens with zero attached hydrogens (tertiary/aromatic N) is 3. The van der Waals surface area contributed by atoms with Crippen LogP contribution in [0.4, 0.5) is 5.82 Å². The Kier molecular flexibility index (Phi) is 5.54. The van der Waals surface area contributed by atoms with E-state index in [1.54, 1.807) is 31.0 Å². The topological polar surface area (TPSA) is 86.7 Å². The van der Waals surface area contributed by atoms with Crippen molar-refractivity contribution in [2.45, 2.75) is 12.6 Å². The number of halogens is 1. The average molecular weight is 442 g/mol. The Labute approximate surface area is 190 Å². The van der Waals surface area contributed by atoms with Gasteiger partial charge in [0, 0.05) is 70.2 Å². The lowest BCUT2D eigenvalue weighted by Crippen LogP contribution is -2.03. The number of anilines is 1. The maximum atomic E-state index is 11.0. The van der Waals surface area contributed by atoms with Crippen LogP contribution in [0, 0.1) is 0 Å². The van der Waals surface area contributed by atoms with Gasteiger partial charge in [-0.15, -0.1) is 0 Å². The van der Waals surface area contributed by atoms with E-state index in [4.69, 9.17) is 11.6 Å². The molecule has 1 atom stereocenters.